The van der Waals surface area contributed by atoms with Gasteiger partial charge in [-0.25, -0.2) is 9.59 Å². The van der Waals surface area contributed by atoms with Gasteiger partial charge in [0.1, 0.15) is 11.7 Å². The van der Waals surface area contributed by atoms with Crippen molar-refractivity contribution in [1.82, 2.24) is 10.2 Å². The lowest BCUT2D eigenvalue weighted by Crippen LogP contribution is -2.44. The summed E-state index contributed by atoms with van der Waals surface area (Å²) >= 11 is 0. The first-order chi connectivity index (χ1) is 12.7. The zero-order valence-corrected chi connectivity index (χ0v) is 17.9. The second-order valence-corrected chi connectivity index (χ2v) is 6.84. The van der Waals surface area contributed by atoms with Crippen molar-refractivity contribution in [3.63, 3.8) is 0 Å². The first kappa shape index (κ1) is 24.8. The van der Waals surface area contributed by atoms with Crippen LogP contribution in [0.1, 0.15) is 61.3 Å². The SMILES string of the molecule is CC.C\C=C/C=C(\C=C/C)NC(=O)OC1CCN(C(=O)OC(C)(C)C)CC1. The molecule has 1 fully saturated rings. The molecule has 0 aromatic heterocycles. The highest BCUT2D eigenvalue weighted by molar-refractivity contribution is 5.71. The van der Waals surface area contributed by atoms with Crippen molar-refractivity contribution in [2.24, 2.45) is 0 Å². The van der Waals surface area contributed by atoms with E-state index in [-0.39, 0.29) is 12.2 Å². The summed E-state index contributed by atoms with van der Waals surface area (Å²) in [7, 11) is 0. The van der Waals surface area contributed by atoms with Crippen LogP contribution in [0, 0.1) is 0 Å². The van der Waals surface area contributed by atoms with Crippen molar-refractivity contribution >= 4 is 12.2 Å². The molecule has 0 radical (unpaired) electrons. The van der Waals surface area contributed by atoms with Crippen molar-refractivity contribution in [3.8, 4) is 0 Å². The minimum atomic E-state index is -0.507. The number of hydrogen-bond acceptors (Lipinski definition) is 4. The summed E-state index contributed by atoms with van der Waals surface area (Å²) < 4.78 is 10.8. The summed E-state index contributed by atoms with van der Waals surface area (Å²) in [4.78, 5) is 25.7. The van der Waals surface area contributed by atoms with E-state index in [1.165, 1.54) is 0 Å². The van der Waals surface area contributed by atoms with E-state index in [4.69, 9.17) is 9.47 Å². The second kappa shape index (κ2) is 13.0. The summed E-state index contributed by atoms with van der Waals surface area (Å²) in [6, 6.07) is 0. The third kappa shape index (κ3) is 11.2. The fraction of sp³-hybridized carbons (Fsp3) is 0.619. The van der Waals surface area contributed by atoms with Gasteiger partial charge in [0.15, 0.2) is 0 Å². The Hall–Kier alpha value is -2.24. The minimum absolute atomic E-state index is 0.202. The number of nitrogens with zero attached hydrogens (tertiary/aromatic N) is 1. The fourth-order valence-corrected chi connectivity index (χ4v) is 2.30. The third-order valence-electron chi connectivity index (χ3n) is 3.43. The lowest BCUT2D eigenvalue weighted by atomic mass is 10.1. The van der Waals surface area contributed by atoms with E-state index in [1.54, 1.807) is 17.1 Å². The molecular weight excluding hydrogens is 344 g/mol. The maximum atomic E-state index is 12.0. The Labute approximate surface area is 164 Å². The molecule has 154 valence electrons. The average Bonchev–Trinajstić information content (AvgIpc) is 2.60. The van der Waals surface area contributed by atoms with Crippen LogP contribution in [-0.2, 0) is 9.47 Å². The van der Waals surface area contributed by atoms with Gasteiger partial charge < -0.3 is 14.4 Å². The van der Waals surface area contributed by atoms with Gasteiger partial charge in [-0.1, -0.05) is 32.1 Å². The number of alkyl carbamates (subject to hydrolysis) is 1. The maximum Gasteiger partial charge on any atom is 0.411 e. The number of rotatable bonds is 4. The van der Waals surface area contributed by atoms with Crippen LogP contribution in [0.5, 0.6) is 0 Å². The molecule has 1 aliphatic heterocycles. The second-order valence-electron chi connectivity index (χ2n) is 6.84. The molecule has 0 saturated carbocycles. The van der Waals surface area contributed by atoms with Crippen LogP contribution in [-0.4, -0.2) is 41.9 Å². The summed E-state index contributed by atoms with van der Waals surface area (Å²) in [6.07, 6.45) is 9.36. The molecule has 1 N–H and O–H groups in total. The van der Waals surface area contributed by atoms with Crippen LogP contribution >= 0.6 is 0 Å². The standard InChI is InChI=1S/C19H30N2O4.C2H6/c1-6-8-10-15(9-7-2)20-17(22)24-16-11-13-21(14-12-16)18(23)25-19(3,4)5;1-2/h6-10,16H,11-14H2,1-5H3,(H,20,22);1-2H3/b8-6-,9-7-,15-10+;. The van der Waals surface area contributed by atoms with E-state index in [9.17, 15) is 9.59 Å². The van der Waals surface area contributed by atoms with Gasteiger partial charge in [0.2, 0.25) is 0 Å². The molecule has 0 aromatic carbocycles. The molecule has 0 atom stereocenters. The van der Waals surface area contributed by atoms with Gasteiger partial charge in [0, 0.05) is 31.6 Å². The van der Waals surface area contributed by atoms with Gasteiger partial charge in [-0.05, 0) is 46.8 Å². The van der Waals surface area contributed by atoms with Crippen LogP contribution in [0.4, 0.5) is 9.59 Å². The Morgan fingerprint density at radius 2 is 1.67 bits per heavy atom. The smallest absolute Gasteiger partial charge is 0.411 e. The van der Waals surface area contributed by atoms with Gasteiger partial charge in [-0.2, -0.15) is 0 Å². The fourth-order valence-electron chi connectivity index (χ4n) is 2.30. The summed E-state index contributed by atoms with van der Waals surface area (Å²) in [5.74, 6) is 0. The Morgan fingerprint density at radius 3 is 2.15 bits per heavy atom. The van der Waals surface area contributed by atoms with Gasteiger partial charge in [-0.15, -0.1) is 0 Å². The molecule has 2 amide bonds. The van der Waals surface area contributed by atoms with Crippen LogP contribution in [0.25, 0.3) is 0 Å². The van der Waals surface area contributed by atoms with Crippen molar-refractivity contribution in [2.75, 3.05) is 13.1 Å². The van der Waals surface area contributed by atoms with Crippen molar-refractivity contribution in [1.29, 1.82) is 0 Å². The van der Waals surface area contributed by atoms with Crippen molar-refractivity contribution in [2.45, 2.75) is 73.0 Å². The van der Waals surface area contributed by atoms with Crippen LogP contribution in [0.15, 0.2) is 36.1 Å². The van der Waals surface area contributed by atoms with Gasteiger partial charge in [-0.3, -0.25) is 5.32 Å². The predicted octanol–water partition coefficient (Wildman–Crippen LogP) is 5.17. The number of carbonyl (C=O) groups is 2. The van der Waals surface area contributed by atoms with E-state index in [0.29, 0.717) is 31.6 Å². The molecule has 0 unspecified atom stereocenters. The molecule has 1 rings (SSSR count). The van der Waals surface area contributed by atoms with E-state index in [2.05, 4.69) is 5.32 Å². The molecule has 27 heavy (non-hydrogen) atoms. The molecule has 0 aromatic rings. The highest BCUT2D eigenvalue weighted by atomic mass is 16.6. The number of piperidine rings is 1. The molecule has 1 aliphatic rings. The van der Waals surface area contributed by atoms with Crippen LogP contribution in [0.3, 0.4) is 0 Å². The molecule has 0 aliphatic carbocycles. The molecule has 6 heteroatoms. The zero-order valence-electron chi connectivity index (χ0n) is 17.9. The number of carbonyl (C=O) groups excluding carboxylic acids is 2. The Kier molecular flexibility index (Phi) is 11.9. The molecule has 6 nitrogen and oxygen atoms in total. The highest BCUT2D eigenvalue weighted by Gasteiger charge is 2.28. The first-order valence-corrected chi connectivity index (χ1v) is 9.66. The quantitative estimate of drug-likeness (QED) is 0.683. The van der Waals surface area contributed by atoms with E-state index >= 15 is 0 Å². The topological polar surface area (TPSA) is 67.9 Å². The summed E-state index contributed by atoms with van der Waals surface area (Å²) in [6.45, 7) is 14.3. The van der Waals surface area contributed by atoms with Gasteiger partial charge in [0.05, 0.1) is 0 Å². The Balaban J connectivity index is 0.00000326. The highest BCUT2D eigenvalue weighted by Crippen LogP contribution is 2.17. The number of ether oxygens (including phenoxy) is 2. The molecular formula is C21H36N2O4. The van der Waals surface area contributed by atoms with E-state index in [0.717, 1.165) is 0 Å². The molecule has 1 saturated heterocycles. The Bertz CT molecular complexity index is 537. The minimum Gasteiger partial charge on any atom is -0.446 e. The Morgan fingerprint density at radius 1 is 1.07 bits per heavy atom. The maximum absolute atomic E-state index is 12.0. The molecule has 0 spiro atoms. The lowest BCUT2D eigenvalue weighted by Gasteiger charge is -2.33. The van der Waals surface area contributed by atoms with Gasteiger partial charge in [0.25, 0.3) is 0 Å². The van der Waals surface area contributed by atoms with Crippen molar-refractivity contribution in [3.05, 3.63) is 36.1 Å². The summed E-state index contributed by atoms with van der Waals surface area (Å²) in [5, 5.41) is 2.72. The molecule has 0 bridgehead atoms. The predicted molar refractivity (Wildman–Crippen MR) is 110 cm³/mol. The van der Waals surface area contributed by atoms with E-state index in [1.807, 2.05) is 66.7 Å². The zero-order chi connectivity index (χ0) is 20.9. The number of amides is 2. The van der Waals surface area contributed by atoms with Crippen LogP contribution in [0.2, 0.25) is 0 Å². The monoisotopic (exact) mass is 380 g/mol. The van der Waals surface area contributed by atoms with Crippen LogP contribution < -0.4 is 5.32 Å². The number of nitrogens with one attached hydrogen (secondary N) is 1. The summed E-state index contributed by atoms with van der Waals surface area (Å²) in [5.41, 5.74) is 0.157. The number of likely N-dealkylation sites (tertiary alicyclic amines) is 1. The normalized spacial score (nSPS) is 16.1. The number of hydrogen-bond donors (Lipinski definition) is 1. The number of allylic oxidation sites excluding steroid dienone is 5. The average molecular weight is 381 g/mol. The third-order valence-corrected chi connectivity index (χ3v) is 3.43. The van der Waals surface area contributed by atoms with E-state index < -0.39 is 11.7 Å². The van der Waals surface area contributed by atoms with Gasteiger partial charge >= 0.3 is 12.2 Å². The lowest BCUT2D eigenvalue weighted by molar-refractivity contribution is 0.00679. The molecule has 1 heterocycles. The van der Waals surface area contributed by atoms with Crippen molar-refractivity contribution < 1.29 is 19.1 Å². The largest absolute Gasteiger partial charge is 0.446 e. The first-order valence-electron chi connectivity index (χ1n) is 9.66.